The second kappa shape index (κ2) is 11.5. The van der Waals surface area contributed by atoms with Gasteiger partial charge in [-0.15, -0.1) is 4.72 Å². The summed E-state index contributed by atoms with van der Waals surface area (Å²) in [6, 6.07) is 13.3. The molecule has 0 spiro atoms. The van der Waals surface area contributed by atoms with Crippen molar-refractivity contribution in [1.82, 2.24) is 19.5 Å². The van der Waals surface area contributed by atoms with Gasteiger partial charge in [-0.3, -0.25) is 9.88 Å². The fourth-order valence-electron chi connectivity index (χ4n) is 4.76. The number of aromatic nitrogens is 1. The molecule has 0 bridgehead atoms. The normalized spacial score (nSPS) is 20.5. The van der Waals surface area contributed by atoms with Crippen LogP contribution in [-0.2, 0) is 21.6 Å². The summed E-state index contributed by atoms with van der Waals surface area (Å²) in [5, 5.41) is 0. The Hall–Kier alpha value is -2.17. The first-order valence-corrected chi connectivity index (χ1v) is 13.8. The summed E-state index contributed by atoms with van der Waals surface area (Å²) >= 11 is -1.16. The van der Waals surface area contributed by atoms with E-state index in [1.54, 1.807) is 17.0 Å². The number of amides is 1. The molecule has 0 saturated carbocycles. The van der Waals surface area contributed by atoms with Crippen LogP contribution in [0.25, 0.3) is 0 Å². The van der Waals surface area contributed by atoms with Gasteiger partial charge in [0.05, 0.1) is 17.3 Å². The second-order valence-electron chi connectivity index (χ2n) is 10.5. The maximum absolute atomic E-state index is 12.7. The second-order valence-corrected chi connectivity index (χ2v) is 12.5. The van der Waals surface area contributed by atoms with Crippen LogP contribution in [0.2, 0.25) is 0 Å². The number of nitrogens with one attached hydrogen (secondary N) is 1. The molecule has 0 radical (unpaired) electrons. The van der Waals surface area contributed by atoms with Crippen molar-refractivity contribution in [3.05, 3.63) is 59.9 Å². The lowest BCUT2D eigenvalue weighted by atomic mass is 9.83. The molecular formula is C27H38N4O4S. The van der Waals surface area contributed by atoms with Crippen molar-refractivity contribution in [2.75, 3.05) is 39.4 Å². The van der Waals surface area contributed by atoms with E-state index >= 15 is 0 Å². The maximum atomic E-state index is 12.7. The van der Waals surface area contributed by atoms with Crippen molar-refractivity contribution in [2.45, 2.75) is 56.9 Å². The van der Waals surface area contributed by atoms with Crippen molar-refractivity contribution in [2.24, 2.45) is 0 Å². The quantitative estimate of drug-likeness (QED) is 0.583. The number of ether oxygens (including phenoxy) is 2. The van der Waals surface area contributed by atoms with Crippen molar-refractivity contribution in [3.8, 4) is 5.75 Å². The standard InChI is InChI=1S/C27H38N4O4S/c1-21(29-36(33)26(2,3)4)22-10-11-24(28-20-22)27(12-18-34-19-13-27)31-16-14-30(15-17-31)25(32)35-23-8-6-5-7-9-23/h5-11,20-21,29H,12-19H2,1-4H3/t21-,36-/m1/s1. The molecule has 8 nitrogen and oxygen atoms in total. The topological polar surface area (TPSA) is 90.0 Å². The van der Waals surface area contributed by atoms with E-state index in [4.69, 9.17) is 14.5 Å². The van der Waals surface area contributed by atoms with Crippen LogP contribution in [0.3, 0.4) is 0 Å². The number of carbonyl (C=O) groups is 1. The van der Waals surface area contributed by atoms with E-state index in [-0.39, 0.29) is 22.4 Å². The Morgan fingerprint density at radius 1 is 1.11 bits per heavy atom. The van der Waals surface area contributed by atoms with E-state index in [0.717, 1.165) is 37.2 Å². The molecule has 2 aliphatic rings. The lowest BCUT2D eigenvalue weighted by Crippen LogP contribution is -2.58. The zero-order chi connectivity index (χ0) is 25.8. The van der Waals surface area contributed by atoms with Gasteiger partial charge in [-0.2, -0.15) is 0 Å². The first kappa shape index (κ1) is 26.9. The summed E-state index contributed by atoms with van der Waals surface area (Å²) in [5.41, 5.74) is 1.81. The molecule has 36 heavy (non-hydrogen) atoms. The largest absolute Gasteiger partial charge is 0.598 e. The Labute approximate surface area is 217 Å². The van der Waals surface area contributed by atoms with Gasteiger partial charge in [-0.1, -0.05) is 24.3 Å². The monoisotopic (exact) mass is 514 g/mol. The Bertz CT molecular complexity index is 985. The molecule has 1 amide bonds. The number of hydrogen-bond donors (Lipinski definition) is 1. The van der Waals surface area contributed by atoms with Crippen LogP contribution in [0.15, 0.2) is 48.7 Å². The van der Waals surface area contributed by atoms with E-state index in [1.165, 1.54) is 0 Å². The minimum atomic E-state index is -1.16. The minimum Gasteiger partial charge on any atom is -0.598 e. The van der Waals surface area contributed by atoms with Crippen LogP contribution in [0.1, 0.15) is 57.8 Å². The highest BCUT2D eigenvalue weighted by atomic mass is 32.2. The highest BCUT2D eigenvalue weighted by Crippen LogP contribution is 2.38. The van der Waals surface area contributed by atoms with Crippen LogP contribution >= 0.6 is 0 Å². The molecule has 2 fully saturated rings. The number of pyridine rings is 1. The number of nitrogens with zero attached hydrogens (tertiary/aromatic N) is 3. The third-order valence-electron chi connectivity index (χ3n) is 7.01. The Balaban J connectivity index is 1.43. The van der Waals surface area contributed by atoms with Crippen LogP contribution in [0.4, 0.5) is 4.79 Å². The first-order valence-electron chi connectivity index (χ1n) is 12.7. The van der Waals surface area contributed by atoms with Crippen LogP contribution in [0, 0.1) is 0 Å². The van der Waals surface area contributed by atoms with E-state index in [0.29, 0.717) is 32.1 Å². The predicted molar refractivity (Wildman–Crippen MR) is 141 cm³/mol. The Morgan fingerprint density at radius 2 is 1.78 bits per heavy atom. The van der Waals surface area contributed by atoms with Gasteiger partial charge in [-0.25, -0.2) is 4.79 Å². The summed E-state index contributed by atoms with van der Waals surface area (Å²) in [7, 11) is 0. The molecule has 0 unspecified atom stereocenters. The summed E-state index contributed by atoms with van der Waals surface area (Å²) in [4.78, 5) is 21.8. The molecular weight excluding hydrogens is 476 g/mol. The van der Waals surface area contributed by atoms with Gasteiger partial charge in [0.25, 0.3) is 0 Å². The van der Waals surface area contributed by atoms with Gasteiger partial charge in [0.1, 0.15) is 10.5 Å². The molecule has 2 aliphatic heterocycles. The van der Waals surface area contributed by atoms with Crippen molar-refractivity contribution in [3.63, 3.8) is 0 Å². The van der Waals surface area contributed by atoms with E-state index in [2.05, 4.69) is 21.8 Å². The molecule has 1 aromatic heterocycles. The van der Waals surface area contributed by atoms with E-state index in [1.807, 2.05) is 52.1 Å². The number of benzene rings is 1. The van der Waals surface area contributed by atoms with Crippen LogP contribution in [0.5, 0.6) is 5.75 Å². The molecule has 3 heterocycles. The third kappa shape index (κ3) is 6.20. The summed E-state index contributed by atoms with van der Waals surface area (Å²) < 4.78 is 26.6. The number of rotatable bonds is 6. The lowest BCUT2D eigenvalue weighted by molar-refractivity contribution is -0.0505. The van der Waals surface area contributed by atoms with Gasteiger partial charge >= 0.3 is 6.09 Å². The number of carbonyl (C=O) groups excluding carboxylic acids is 1. The fourth-order valence-corrected chi connectivity index (χ4v) is 5.57. The molecule has 196 valence electrons. The SMILES string of the molecule is C[C@@H](N[S@+]([O-])C(C)(C)C)c1ccc(C2(N3CCN(C(=O)Oc4ccccc4)CC3)CCOCC2)nc1. The molecule has 2 saturated heterocycles. The minimum absolute atomic E-state index is 0.0728. The van der Waals surface area contributed by atoms with Crippen molar-refractivity contribution in [1.29, 1.82) is 0 Å². The third-order valence-corrected chi connectivity index (χ3v) is 8.69. The molecule has 0 aliphatic carbocycles. The van der Waals surface area contributed by atoms with Crippen LogP contribution < -0.4 is 9.46 Å². The molecule has 2 aromatic rings. The van der Waals surface area contributed by atoms with Crippen molar-refractivity contribution < 1.29 is 18.8 Å². The van der Waals surface area contributed by atoms with Gasteiger partial charge in [-0.05, 0) is 64.3 Å². The Morgan fingerprint density at radius 3 is 2.36 bits per heavy atom. The van der Waals surface area contributed by atoms with E-state index in [9.17, 15) is 9.35 Å². The average Bonchev–Trinajstić information content (AvgIpc) is 2.89. The molecule has 2 atom stereocenters. The zero-order valence-electron chi connectivity index (χ0n) is 21.7. The van der Waals surface area contributed by atoms with Crippen molar-refractivity contribution >= 4 is 17.5 Å². The average molecular weight is 515 g/mol. The summed E-state index contributed by atoms with van der Waals surface area (Å²) in [6.45, 7) is 12.0. The predicted octanol–water partition coefficient (Wildman–Crippen LogP) is 4.02. The highest BCUT2D eigenvalue weighted by Gasteiger charge is 2.43. The highest BCUT2D eigenvalue weighted by molar-refractivity contribution is 7.90. The molecule has 9 heteroatoms. The summed E-state index contributed by atoms with van der Waals surface area (Å²) in [6.07, 6.45) is 3.31. The smallest absolute Gasteiger partial charge is 0.415 e. The van der Waals surface area contributed by atoms with Gasteiger partial charge in [0.2, 0.25) is 0 Å². The fraction of sp³-hybridized carbons (Fsp3) is 0.556. The van der Waals surface area contributed by atoms with Gasteiger partial charge < -0.3 is 18.9 Å². The Kier molecular flexibility index (Phi) is 8.57. The number of para-hydroxylation sites is 1. The zero-order valence-corrected chi connectivity index (χ0v) is 22.6. The van der Waals surface area contributed by atoms with Crippen LogP contribution in [-0.4, -0.2) is 69.6 Å². The maximum Gasteiger partial charge on any atom is 0.415 e. The number of piperazine rings is 1. The molecule has 1 N–H and O–H groups in total. The van der Waals surface area contributed by atoms with E-state index < -0.39 is 11.4 Å². The number of hydrogen-bond acceptors (Lipinski definition) is 7. The van der Waals surface area contributed by atoms with Gasteiger partial charge in [0, 0.05) is 57.0 Å². The lowest BCUT2D eigenvalue weighted by Gasteiger charge is -2.49. The first-order chi connectivity index (χ1) is 17.2. The molecule has 4 rings (SSSR count). The molecule has 1 aromatic carbocycles. The summed E-state index contributed by atoms with van der Waals surface area (Å²) in [5.74, 6) is 0.560. The van der Waals surface area contributed by atoms with Gasteiger partial charge in [0.15, 0.2) is 0 Å².